The van der Waals surface area contributed by atoms with Gasteiger partial charge in [0.15, 0.2) is 5.50 Å². The van der Waals surface area contributed by atoms with E-state index >= 15 is 0 Å². The molecule has 0 aromatic heterocycles. The van der Waals surface area contributed by atoms with Crippen LogP contribution < -0.4 is 25.2 Å². The van der Waals surface area contributed by atoms with Crippen molar-refractivity contribution in [2.75, 3.05) is 42.6 Å². The number of fused-ring (bicyclic) bond motifs is 1. The molecule has 1 aromatic rings. The van der Waals surface area contributed by atoms with Gasteiger partial charge in [-0.15, -0.1) is 0 Å². The van der Waals surface area contributed by atoms with Crippen molar-refractivity contribution >= 4 is 35.0 Å². The Bertz CT molecular complexity index is 1010. The van der Waals surface area contributed by atoms with E-state index in [-0.39, 0.29) is 11.4 Å². The Morgan fingerprint density at radius 3 is 2.85 bits per heavy atom. The van der Waals surface area contributed by atoms with E-state index in [0.29, 0.717) is 30.5 Å². The van der Waals surface area contributed by atoms with Gasteiger partial charge in [-0.1, -0.05) is 11.8 Å². The van der Waals surface area contributed by atoms with Gasteiger partial charge in [0.2, 0.25) is 0 Å². The first-order valence-electron chi connectivity index (χ1n) is 11.4. The molecule has 10 heteroatoms. The molecule has 2 atom stereocenters. The summed E-state index contributed by atoms with van der Waals surface area (Å²) < 4.78 is 6.06. The smallest absolute Gasteiger partial charge is 0.329 e. The maximum Gasteiger partial charge on any atom is 0.329 e. The third kappa shape index (κ3) is 4.10. The second-order valence-electron chi connectivity index (χ2n) is 9.58. The summed E-state index contributed by atoms with van der Waals surface area (Å²) >= 11 is 1.42. The highest BCUT2D eigenvalue weighted by atomic mass is 32.2. The number of hydrogen-bond donors (Lipinski definition) is 2. The first-order chi connectivity index (χ1) is 15.7. The summed E-state index contributed by atoms with van der Waals surface area (Å²) in [5, 5.41) is 8.11. The topological polar surface area (TPSA) is 86.4 Å². The number of piperazine rings is 1. The number of anilines is 2. The summed E-state index contributed by atoms with van der Waals surface area (Å²) in [6, 6.07) is 6.70. The van der Waals surface area contributed by atoms with Crippen molar-refractivity contribution < 1.29 is 19.2 Å². The Labute approximate surface area is 198 Å². The molecule has 1 aromatic carbocycles. The van der Waals surface area contributed by atoms with Crippen LogP contribution in [0.5, 0.6) is 5.75 Å². The lowest BCUT2D eigenvalue weighted by Crippen LogP contribution is -2.51. The van der Waals surface area contributed by atoms with E-state index in [9.17, 15) is 9.59 Å². The summed E-state index contributed by atoms with van der Waals surface area (Å²) in [6.45, 7) is 11.6. The molecule has 0 bridgehead atoms. The molecule has 178 valence electrons. The number of ether oxygens (including phenoxy) is 1. The minimum atomic E-state index is -0.415. The van der Waals surface area contributed by atoms with Crippen molar-refractivity contribution in [1.82, 2.24) is 15.7 Å². The van der Waals surface area contributed by atoms with Crippen LogP contribution in [0.15, 0.2) is 28.8 Å². The fraction of sp³-hybridized carbons (Fsp3) is 0.565. The molecule has 9 nitrogen and oxygen atoms in total. The van der Waals surface area contributed by atoms with Gasteiger partial charge in [-0.3, -0.25) is 9.59 Å². The van der Waals surface area contributed by atoms with E-state index < -0.39 is 11.5 Å². The first kappa shape index (κ1) is 22.2. The lowest BCUT2D eigenvalue weighted by Gasteiger charge is -2.41. The molecule has 1 saturated heterocycles. The Balaban J connectivity index is 1.46. The van der Waals surface area contributed by atoms with Gasteiger partial charge in [-0.05, 0) is 32.9 Å². The Hall–Kier alpha value is -2.59. The molecule has 1 fully saturated rings. The van der Waals surface area contributed by atoms with Crippen LogP contribution in [0.4, 0.5) is 11.4 Å². The minimum Gasteiger partial charge on any atom is -0.489 e. The number of nitrogens with zero attached hydrogens (tertiary/aromatic N) is 3. The SMILES string of the molecule is CC(=O)ON1C2=C(SC1N1CCOc3cc(N4CCNCC4C)ccc31)C(=O)NC(C)(C)C2. The molecule has 0 radical (unpaired) electrons. The highest BCUT2D eigenvalue weighted by Gasteiger charge is 2.47. The van der Waals surface area contributed by atoms with Crippen LogP contribution >= 0.6 is 11.8 Å². The van der Waals surface area contributed by atoms with E-state index in [0.717, 1.165) is 42.5 Å². The Kier molecular flexibility index (Phi) is 5.60. The number of amides is 1. The molecule has 0 spiro atoms. The predicted octanol–water partition coefficient (Wildman–Crippen LogP) is 2.00. The fourth-order valence-electron chi connectivity index (χ4n) is 4.92. The van der Waals surface area contributed by atoms with Crippen molar-refractivity contribution in [3.63, 3.8) is 0 Å². The van der Waals surface area contributed by atoms with Crippen molar-refractivity contribution in [3.8, 4) is 5.75 Å². The van der Waals surface area contributed by atoms with Crippen LogP contribution in [-0.4, -0.2) is 66.8 Å². The number of hydroxylamine groups is 2. The predicted molar refractivity (Wildman–Crippen MR) is 128 cm³/mol. The lowest BCUT2D eigenvalue weighted by molar-refractivity contribution is -0.182. The number of carbonyl (C=O) groups is 2. The molecule has 4 heterocycles. The number of carbonyl (C=O) groups excluding carboxylic acids is 2. The maximum absolute atomic E-state index is 12.8. The average molecular weight is 474 g/mol. The minimum absolute atomic E-state index is 0.123. The van der Waals surface area contributed by atoms with Gasteiger partial charge in [0.25, 0.3) is 5.91 Å². The van der Waals surface area contributed by atoms with Crippen LogP contribution in [0, 0.1) is 0 Å². The zero-order valence-electron chi connectivity index (χ0n) is 19.5. The third-order valence-electron chi connectivity index (χ3n) is 6.39. The maximum atomic E-state index is 12.8. The normalized spacial score (nSPS) is 26.4. The van der Waals surface area contributed by atoms with E-state index in [1.165, 1.54) is 18.7 Å². The average Bonchev–Trinajstić information content (AvgIpc) is 3.10. The summed E-state index contributed by atoms with van der Waals surface area (Å²) in [7, 11) is 0. The fourth-order valence-corrected chi connectivity index (χ4v) is 6.20. The Morgan fingerprint density at radius 2 is 2.09 bits per heavy atom. The van der Waals surface area contributed by atoms with Crippen molar-refractivity contribution in [2.24, 2.45) is 0 Å². The monoisotopic (exact) mass is 473 g/mol. The van der Waals surface area contributed by atoms with Gasteiger partial charge in [0.1, 0.15) is 12.4 Å². The lowest BCUT2D eigenvalue weighted by atomic mass is 9.94. The summed E-state index contributed by atoms with van der Waals surface area (Å²) in [6.07, 6.45) is 0.585. The summed E-state index contributed by atoms with van der Waals surface area (Å²) in [5.74, 6) is 0.277. The van der Waals surface area contributed by atoms with Crippen LogP contribution in [0.25, 0.3) is 0 Å². The molecule has 4 aliphatic heterocycles. The van der Waals surface area contributed by atoms with Crippen LogP contribution in [0.3, 0.4) is 0 Å². The van der Waals surface area contributed by atoms with E-state index in [1.54, 1.807) is 5.06 Å². The molecule has 2 unspecified atom stereocenters. The molecule has 4 aliphatic rings. The molecular formula is C23H31N5O4S. The Morgan fingerprint density at radius 1 is 1.27 bits per heavy atom. The van der Waals surface area contributed by atoms with Gasteiger partial charge in [-0.2, -0.15) is 5.06 Å². The zero-order chi connectivity index (χ0) is 23.3. The number of rotatable bonds is 3. The van der Waals surface area contributed by atoms with Gasteiger partial charge in [-0.25, -0.2) is 0 Å². The molecule has 33 heavy (non-hydrogen) atoms. The second kappa shape index (κ2) is 8.32. The van der Waals surface area contributed by atoms with E-state index in [2.05, 4.69) is 45.6 Å². The number of benzene rings is 1. The van der Waals surface area contributed by atoms with E-state index in [4.69, 9.17) is 9.57 Å². The van der Waals surface area contributed by atoms with E-state index in [1.807, 2.05) is 13.8 Å². The number of hydrogen-bond acceptors (Lipinski definition) is 9. The van der Waals surface area contributed by atoms with Gasteiger partial charge >= 0.3 is 5.97 Å². The zero-order valence-corrected chi connectivity index (χ0v) is 20.3. The molecule has 1 amide bonds. The molecule has 0 aliphatic carbocycles. The second-order valence-corrected chi connectivity index (χ2v) is 10.6. The van der Waals surface area contributed by atoms with Crippen LogP contribution in [0.1, 0.15) is 34.1 Å². The quantitative estimate of drug-likeness (QED) is 0.685. The molecular weight excluding hydrogens is 442 g/mol. The number of nitrogens with one attached hydrogen (secondary N) is 2. The largest absolute Gasteiger partial charge is 0.489 e. The summed E-state index contributed by atoms with van der Waals surface area (Å²) in [4.78, 5) is 35.7. The first-order valence-corrected chi connectivity index (χ1v) is 12.3. The number of thioether (sulfide) groups is 1. The molecule has 5 rings (SSSR count). The van der Waals surface area contributed by atoms with Gasteiger partial charge in [0.05, 0.1) is 22.8 Å². The van der Waals surface area contributed by atoms with Gasteiger partial charge in [0, 0.05) is 56.3 Å². The molecule has 0 saturated carbocycles. The summed E-state index contributed by atoms with van der Waals surface area (Å²) in [5.41, 5.74) is 2.04. The standard InChI is InChI=1S/C23H31N5O4S/c1-14-13-24-7-8-26(14)16-5-6-17-19(11-16)31-10-9-27(17)22-28(32-15(2)29)18-12-23(3,4)25-21(30)20(18)33-22/h5-6,11,14,22,24H,7-10,12-13H2,1-4H3,(H,25,30). The van der Waals surface area contributed by atoms with Crippen LogP contribution in [-0.2, 0) is 14.4 Å². The van der Waals surface area contributed by atoms with Gasteiger partial charge < -0.3 is 30.0 Å². The van der Waals surface area contributed by atoms with Crippen molar-refractivity contribution in [2.45, 2.75) is 51.2 Å². The highest BCUT2D eigenvalue weighted by Crippen LogP contribution is 2.48. The van der Waals surface area contributed by atoms with Crippen molar-refractivity contribution in [3.05, 3.63) is 28.8 Å². The molecule has 2 N–H and O–H groups in total. The van der Waals surface area contributed by atoms with Crippen LogP contribution in [0.2, 0.25) is 0 Å². The third-order valence-corrected chi connectivity index (χ3v) is 7.70. The van der Waals surface area contributed by atoms with Crippen molar-refractivity contribution in [1.29, 1.82) is 0 Å². The highest BCUT2D eigenvalue weighted by molar-refractivity contribution is 8.04.